The van der Waals surface area contributed by atoms with Crippen LogP contribution in [-0.4, -0.2) is 24.8 Å². The predicted octanol–water partition coefficient (Wildman–Crippen LogP) is 2.70. The Morgan fingerprint density at radius 3 is 2.43 bits per heavy atom. The van der Waals surface area contributed by atoms with Gasteiger partial charge in [-0.25, -0.2) is 8.42 Å². The minimum absolute atomic E-state index is 0.118. The molecule has 0 spiro atoms. The van der Waals surface area contributed by atoms with E-state index in [1.54, 1.807) is 24.5 Å². The van der Waals surface area contributed by atoms with E-state index in [2.05, 4.69) is 4.98 Å². The van der Waals surface area contributed by atoms with Crippen LogP contribution < -0.4 is 5.73 Å². The van der Waals surface area contributed by atoms with Gasteiger partial charge in [0.15, 0.2) is 0 Å². The number of benzene rings is 1. The lowest BCUT2D eigenvalue weighted by Crippen LogP contribution is -2.29. The van der Waals surface area contributed by atoms with Crippen LogP contribution in [0.1, 0.15) is 18.5 Å². The molecule has 0 saturated heterocycles. The Hall–Kier alpha value is -1.63. The first-order valence-electron chi connectivity index (χ1n) is 6.27. The van der Waals surface area contributed by atoms with Crippen molar-refractivity contribution in [2.24, 2.45) is 0 Å². The Morgan fingerprint density at radius 1 is 1.24 bits per heavy atom. The molecule has 21 heavy (non-hydrogen) atoms. The molecular formula is C14H16ClN3O2S. The van der Waals surface area contributed by atoms with E-state index in [0.717, 1.165) is 5.56 Å². The summed E-state index contributed by atoms with van der Waals surface area (Å²) in [6, 6.07) is 7.54. The molecule has 0 bridgehead atoms. The van der Waals surface area contributed by atoms with Crippen LogP contribution in [0.3, 0.4) is 0 Å². The molecule has 1 unspecified atom stereocenters. The average molecular weight is 326 g/mol. The minimum atomic E-state index is -3.65. The molecule has 2 rings (SSSR count). The molecule has 0 aliphatic rings. The van der Waals surface area contributed by atoms with Crippen molar-refractivity contribution in [3.63, 3.8) is 0 Å². The van der Waals surface area contributed by atoms with Crippen molar-refractivity contribution in [2.45, 2.75) is 17.9 Å². The van der Waals surface area contributed by atoms with Gasteiger partial charge < -0.3 is 5.73 Å². The van der Waals surface area contributed by atoms with Crippen LogP contribution in [0.5, 0.6) is 0 Å². The van der Waals surface area contributed by atoms with Crippen LogP contribution in [0.25, 0.3) is 0 Å². The topological polar surface area (TPSA) is 76.3 Å². The van der Waals surface area contributed by atoms with Crippen LogP contribution in [0, 0.1) is 0 Å². The van der Waals surface area contributed by atoms with Crippen molar-refractivity contribution in [1.29, 1.82) is 0 Å². The quantitative estimate of drug-likeness (QED) is 0.877. The zero-order valence-corrected chi connectivity index (χ0v) is 13.3. The number of sulfonamides is 1. The lowest BCUT2D eigenvalue weighted by molar-refractivity contribution is 0.398. The van der Waals surface area contributed by atoms with E-state index in [-0.39, 0.29) is 16.6 Å². The van der Waals surface area contributed by atoms with Crippen LogP contribution in [0.2, 0.25) is 5.02 Å². The van der Waals surface area contributed by atoms with E-state index in [4.69, 9.17) is 17.3 Å². The third kappa shape index (κ3) is 3.18. The Balaban J connectivity index is 2.36. The summed E-state index contributed by atoms with van der Waals surface area (Å²) in [5.41, 5.74) is 6.78. The number of hydrogen-bond donors (Lipinski definition) is 1. The number of nitrogen functional groups attached to an aromatic ring is 1. The molecule has 0 saturated carbocycles. The van der Waals surface area contributed by atoms with Gasteiger partial charge in [0.05, 0.1) is 15.6 Å². The van der Waals surface area contributed by atoms with Crippen molar-refractivity contribution < 1.29 is 8.42 Å². The Morgan fingerprint density at radius 2 is 1.86 bits per heavy atom. The first-order valence-corrected chi connectivity index (χ1v) is 8.09. The first-order chi connectivity index (χ1) is 9.84. The highest BCUT2D eigenvalue weighted by Crippen LogP contribution is 2.28. The highest BCUT2D eigenvalue weighted by Gasteiger charge is 2.26. The molecule has 1 aromatic carbocycles. The monoisotopic (exact) mass is 325 g/mol. The van der Waals surface area contributed by atoms with Gasteiger partial charge in [-0.3, -0.25) is 4.98 Å². The van der Waals surface area contributed by atoms with E-state index < -0.39 is 10.0 Å². The van der Waals surface area contributed by atoms with Crippen molar-refractivity contribution in [3.8, 4) is 0 Å². The summed E-state index contributed by atoms with van der Waals surface area (Å²) < 4.78 is 26.5. The smallest absolute Gasteiger partial charge is 0.243 e. The number of rotatable bonds is 4. The molecular weight excluding hydrogens is 310 g/mol. The van der Waals surface area contributed by atoms with Gasteiger partial charge in [-0.1, -0.05) is 11.6 Å². The SMILES string of the molecule is CC(c1ccncc1)N(C)S(=O)(=O)c1ccc(Cl)c(N)c1. The van der Waals surface area contributed by atoms with Crippen molar-refractivity contribution >= 4 is 27.3 Å². The summed E-state index contributed by atoms with van der Waals surface area (Å²) >= 11 is 5.83. The molecule has 1 heterocycles. The summed E-state index contributed by atoms with van der Waals surface area (Å²) in [5.74, 6) is 0. The molecule has 0 fully saturated rings. The lowest BCUT2D eigenvalue weighted by Gasteiger charge is -2.24. The number of halogens is 1. The summed E-state index contributed by atoms with van der Waals surface area (Å²) in [7, 11) is -2.12. The molecule has 112 valence electrons. The van der Waals surface area contributed by atoms with Gasteiger partial charge in [0.25, 0.3) is 0 Å². The predicted molar refractivity (Wildman–Crippen MR) is 83.5 cm³/mol. The molecule has 0 amide bonds. The number of anilines is 1. The highest BCUT2D eigenvalue weighted by atomic mass is 35.5. The van der Waals surface area contributed by atoms with Crippen LogP contribution >= 0.6 is 11.6 Å². The van der Waals surface area contributed by atoms with E-state index >= 15 is 0 Å². The molecule has 0 aliphatic carbocycles. The summed E-state index contributed by atoms with van der Waals surface area (Å²) in [6.07, 6.45) is 3.26. The fraction of sp³-hybridized carbons (Fsp3) is 0.214. The number of aromatic nitrogens is 1. The van der Waals surface area contributed by atoms with Gasteiger partial charge in [-0.15, -0.1) is 0 Å². The second kappa shape index (κ2) is 6.01. The van der Waals surface area contributed by atoms with Crippen molar-refractivity contribution in [1.82, 2.24) is 9.29 Å². The summed E-state index contributed by atoms with van der Waals surface area (Å²) in [5, 5.41) is 0.332. The normalized spacial score (nSPS) is 13.3. The minimum Gasteiger partial charge on any atom is -0.397 e. The van der Waals surface area contributed by atoms with Gasteiger partial charge >= 0.3 is 0 Å². The number of nitrogens with two attached hydrogens (primary N) is 1. The highest BCUT2D eigenvalue weighted by molar-refractivity contribution is 7.89. The zero-order valence-electron chi connectivity index (χ0n) is 11.7. The maximum atomic E-state index is 12.6. The first kappa shape index (κ1) is 15.8. The molecule has 0 radical (unpaired) electrons. The maximum Gasteiger partial charge on any atom is 0.243 e. The molecule has 5 nitrogen and oxygen atoms in total. The summed E-state index contributed by atoms with van der Waals surface area (Å²) in [4.78, 5) is 4.05. The van der Waals surface area contributed by atoms with Gasteiger partial charge in [0.1, 0.15) is 0 Å². The Labute approximate surface area is 129 Å². The van der Waals surface area contributed by atoms with Crippen LogP contribution in [-0.2, 0) is 10.0 Å². The number of hydrogen-bond acceptors (Lipinski definition) is 4. The average Bonchev–Trinajstić information content (AvgIpc) is 2.49. The van der Waals surface area contributed by atoms with E-state index in [1.165, 1.54) is 29.6 Å². The molecule has 1 aromatic heterocycles. The van der Waals surface area contributed by atoms with Crippen LogP contribution in [0.15, 0.2) is 47.6 Å². The van der Waals surface area contributed by atoms with E-state index in [0.29, 0.717) is 5.02 Å². The van der Waals surface area contributed by atoms with Crippen LogP contribution in [0.4, 0.5) is 5.69 Å². The summed E-state index contributed by atoms with van der Waals surface area (Å²) in [6.45, 7) is 1.81. The number of nitrogens with zero attached hydrogens (tertiary/aromatic N) is 2. The third-order valence-corrected chi connectivity index (χ3v) is 5.65. The number of pyridine rings is 1. The third-order valence-electron chi connectivity index (χ3n) is 3.38. The van der Waals surface area contributed by atoms with Gasteiger partial charge in [-0.2, -0.15) is 4.31 Å². The molecule has 0 aliphatic heterocycles. The second-order valence-electron chi connectivity index (χ2n) is 4.66. The fourth-order valence-electron chi connectivity index (χ4n) is 1.91. The van der Waals surface area contributed by atoms with E-state index in [1.807, 2.05) is 6.92 Å². The van der Waals surface area contributed by atoms with Crippen molar-refractivity contribution in [2.75, 3.05) is 12.8 Å². The molecule has 1 atom stereocenters. The van der Waals surface area contributed by atoms with Gasteiger partial charge in [-0.05, 0) is 42.8 Å². The Kier molecular flexibility index (Phi) is 4.51. The lowest BCUT2D eigenvalue weighted by atomic mass is 10.1. The zero-order chi connectivity index (χ0) is 15.6. The molecule has 7 heteroatoms. The van der Waals surface area contributed by atoms with Gasteiger partial charge in [0, 0.05) is 25.5 Å². The molecule has 2 N–H and O–H groups in total. The van der Waals surface area contributed by atoms with Crippen molar-refractivity contribution in [3.05, 3.63) is 53.3 Å². The standard InChI is InChI=1S/C14H16ClN3O2S/c1-10(11-5-7-17-8-6-11)18(2)21(19,20)12-3-4-13(15)14(16)9-12/h3-10H,16H2,1-2H3. The second-order valence-corrected chi connectivity index (χ2v) is 7.07. The fourth-order valence-corrected chi connectivity index (χ4v) is 3.41. The maximum absolute atomic E-state index is 12.6. The van der Waals surface area contributed by atoms with Gasteiger partial charge in [0.2, 0.25) is 10.0 Å². The largest absolute Gasteiger partial charge is 0.397 e. The molecule has 2 aromatic rings. The Bertz CT molecular complexity index is 735. The van der Waals surface area contributed by atoms with E-state index in [9.17, 15) is 8.42 Å².